The summed E-state index contributed by atoms with van der Waals surface area (Å²) in [5.74, 6) is 0.168. The van der Waals surface area contributed by atoms with Crippen LogP contribution in [0.25, 0.3) is 6.08 Å². The van der Waals surface area contributed by atoms with Crippen LogP contribution in [0.4, 0.5) is 0 Å². The van der Waals surface area contributed by atoms with Crippen molar-refractivity contribution >= 4 is 12.0 Å². The second-order valence-electron chi connectivity index (χ2n) is 4.31. The Hall–Kier alpha value is -2.79. The van der Waals surface area contributed by atoms with Crippen LogP contribution in [0.3, 0.4) is 0 Å². The first-order chi connectivity index (χ1) is 9.56. The Morgan fingerprint density at radius 3 is 2.50 bits per heavy atom. The van der Waals surface area contributed by atoms with Crippen LogP contribution >= 0.6 is 0 Å². The number of hydrogen-bond donors (Lipinski definition) is 1. The zero-order chi connectivity index (χ0) is 15.0. The van der Waals surface area contributed by atoms with Crippen molar-refractivity contribution in [3.05, 3.63) is 35.4 Å². The van der Waals surface area contributed by atoms with Crippen molar-refractivity contribution in [2.24, 2.45) is 0 Å². The van der Waals surface area contributed by atoms with E-state index in [0.29, 0.717) is 11.3 Å². The minimum Gasteiger partial charge on any atom is -0.479 e. The molecule has 0 radical (unpaired) electrons. The number of nitrogens with one attached hydrogen (secondary N) is 1. The van der Waals surface area contributed by atoms with E-state index in [1.165, 1.54) is 6.08 Å². The summed E-state index contributed by atoms with van der Waals surface area (Å²) in [6, 6.07) is 10.5. The van der Waals surface area contributed by atoms with E-state index in [4.69, 9.17) is 15.3 Å². The zero-order valence-electron chi connectivity index (χ0n) is 11.4. The molecule has 0 saturated carbocycles. The van der Waals surface area contributed by atoms with Gasteiger partial charge in [-0.3, -0.25) is 4.79 Å². The number of benzene rings is 1. The highest BCUT2D eigenvalue weighted by molar-refractivity contribution is 6.01. The minimum atomic E-state index is -0.396. The standard InChI is InChI=1S/C15H15N3O2/c1-11(2)18-15(19)13(10-17)9-12-3-5-14(6-4-12)20-8-7-16/h3-6,9,11H,8H2,1-2H3,(H,18,19)/b13-9+. The molecule has 1 aromatic rings. The van der Waals surface area contributed by atoms with Crippen LogP contribution in [-0.2, 0) is 4.79 Å². The highest BCUT2D eigenvalue weighted by Gasteiger charge is 2.09. The van der Waals surface area contributed by atoms with Crippen LogP contribution in [-0.4, -0.2) is 18.6 Å². The molecule has 1 aromatic carbocycles. The molecule has 5 nitrogen and oxygen atoms in total. The monoisotopic (exact) mass is 269 g/mol. The Kier molecular flexibility index (Phi) is 5.80. The number of carbonyl (C=O) groups is 1. The maximum absolute atomic E-state index is 11.7. The van der Waals surface area contributed by atoms with Crippen molar-refractivity contribution < 1.29 is 9.53 Å². The smallest absolute Gasteiger partial charge is 0.262 e. The largest absolute Gasteiger partial charge is 0.479 e. The van der Waals surface area contributed by atoms with Crippen LogP contribution < -0.4 is 10.1 Å². The van der Waals surface area contributed by atoms with Gasteiger partial charge in [0.05, 0.1) is 0 Å². The minimum absolute atomic E-state index is 0.0184. The maximum Gasteiger partial charge on any atom is 0.262 e. The van der Waals surface area contributed by atoms with Gasteiger partial charge in [-0.2, -0.15) is 10.5 Å². The molecule has 0 saturated heterocycles. The molecule has 0 heterocycles. The number of rotatable bonds is 5. The maximum atomic E-state index is 11.7. The molecule has 5 heteroatoms. The first-order valence-electron chi connectivity index (χ1n) is 6.09. The number of amides is 1. The molecule has 0 unspecified atom stereocenters. The molecule has 0 aliphatic rings. The molecular formula is C15H15N3O2. The molecular weight excluding hydrogens is 254 g/mol. The van der Waals surface area contributed by atoms with Gasteiger partial charge in [-0.15, -0.1) is 0 Å². The van der Waals surface area contributed by atoms with Crippen molar-refractivity contribution in [1.29, 1.82) is 10.5 Å². The van der Waals surface area contributed by atoms with Crippen LogP contribution in [0, 0.1) is 22.7 Å². The average molecular weight is 269 g/mol. The number of ether oxygens (including phenoxy) is 1. The fourth-order valence-corrected chi connectivity index (χ4v) is 1.43. The SMILES string of the molecule is CC(C)NC(=O)/C(C#N)=C/c1ccc(OCC#N)cc1. The van der Waals surface area contributed by atoms with E-state index >= 15 is 0 Å². The molecule has 102 valence electrons. The second kappa shape index (κ2) is 7.60. The third kappa shape index (κ3) is 4.83. The Morgan fingerprint density at radius 2 is 2.00 bits per heavy atom. The highest BCUT2D eigenvalue weighted by Crippen LogP contribution is 2.14. The summed E-state index contributed by atoms with van der Waals surface area (Å²) in [6.07, 6.45) is 1.51. The molecule has 1 rings (SSSR count). The Bertz CT molecular complexity index is 575. The van der Waals surface area contributed by atoms with E-state index < -0.39 is 5.91 Å². The van der Waals surface area contributed by atoms with Crippen molar-refractivity contribution in [2.75, 3.05) is 6.61 Å². The number of carbonyl (C=O) groups excluding carboxylic acids is 1. The normalized spacial score (nSPS) is 10.6. The van der Waals surface area contributed by atoms with Gasteiger partial charge < -0.3 is 10.1 Å². The Balaban J connectivity index is 2.83. The van der Waals surface area contributed by atoms with Gasteiger partial charge in [0.1, 0.15) is 23.5 Å². The van der Waals surface area contributed by atoms with E-state index in [1.54, 1.807) is 24.3 Å². The fourth-order valence-electron chi connectivity index (χ4n) is 1.43. The lowest BCUT2D eigenvalue weighted by Gasteiger charge is -2.07. The van der Waals surface area contributed by atoms with Crippen LogP contribution in [0.1, 0.15) is 19.4 Å². The summed E-state index contributed by atoms with van der Waals surface area (Å²) < 4.78 is 5.12. The lowest BCUT2D eigenvalue weighted by Crippen LogP contribution is -2.30. The van der Waals surface area contributed by atoms with Gasteiger partial charge >= 0.3 is 0 Å². The van der Waals surface area contributed by atoms with Crippen LogP contribution in [0.5, 0.6) is 5.75 Å². The molecule has 20 heavy (non-hydrogen) atoms. The van der Waals surface area contributed by atoms with Crippen molar-refractivity contribution in [3.8, 4) is 17.9 Å². The summed E-state index contributed by atoms with van der Waals surface area (Å²) in [5, 5.41) is 20.1. The molecule has 0 aliphatic heterocycles. The average Bonchev–Trinajstić information content (AvgIpc) is 2.42. The van der Waals surface area contributed by atoms with Gasteiger partial charge in [0.15, 0.2) is 6.61 Å². The van der Waals surface area contributed by atoms with Crippen molar-refractivity contribution in [3.63, 3.8) is 0 Å². The predicted octanol–water partition coefficient (Wildman–Crippen LogP) is 2.02. The first-order valence-corrected chi connectivity index (χ1v) is 6.09. The molecule has 0 bridgehead atoms. The second-order valence-corrected chi connectivity index (χ2v) is 4.31. The summed E-state index contributed by atoms with van der Waals surface area (Å²) in [4.78, 5) is 11.7. The number of nitriles is 2. The molecule has 1 N–H and O–H groups in total. The topological polar surface area (TPSA) is 85.9 Å². The van der Waals surface area contributed by atoms with E-state index in [0.717, 1.165) is 0 Å². The van der Waals surface area contributed by atoms with E-state index in [9.17, 15) is 4.79 Å². The van der Waals surface area contributed by atoms with Crippen LogP contribution in [0.2, 0.25) is 0 Å². The third-order valence-corrected chi connectivity index (χ3v) is 2.28. The van der Waals surface area contributed by atoms with E-state index in [2.05, 4.69) is 5.32 Å². The number of hydrogen-bond acceptors (Lipinski definition) is 4. The lowest BCUT2D eigenvalue weighted by atomic mass is 10.1. The Labute approximate surface area is 118 Å². The van der Waals surface area contributed by atoms with Gasteiger partial charge in [-0.1, -0.05) is 12.1 Å². The summed E-state index contributed by atoms with van der Waals surface area (Å²) in [5.41, 5.74) is 0.758. The Morgan fingerprint density at radius 1 is 1.35 bits per heavy atom. The molecule has 0 fully saturated rings. The summed E-state index contributed by atoms with van der Waals surface area (Å²) in [7, 11) is 0. The third-order valence-electron chi connectivity index (χ3n) is 2.28. The summed E-state index contributed by atoms with van der Waals surface area (Å²) >= 11 is 0. The fraction of sp³-hybridized carbons (Fsp3) is 0.267. The first kappa shape index (κ1) is 15.3. The van der Waals surface area contributed by atoms with Crippen LogP contribution in [0.15, 0.2) is 29.8 Å². The van der Waals surface area contributed by atoms with Crippen molar-refractivity contribution in [1.82, 2.24) is 5.32 Å². The van der Waals surface area contributed by atoms with Crippen molar-refractivity contribution in [2.45, 2.75) is 19.9 Å². The van der Waals surface area contributed by atoms with Gasteiger partial charge in [0.25, 0.3) is 5.91 Å². The van der Waals surface area contributed by atoms with Gasteiger partial charge in [0.2, 0.25) is 0 Å². The molecule has 0 spiro atoms. The van der Waals surface area contributed by atoms with E-state index in [1.807, 2.05) is 26.0 Å². The number of nitrogens with zero attached hydrogens (tertiary/aromatic N) is 2. The van der Waals surface area contributed by atoms with Gasteiger partial charge in [0, 0.05) is 6.04 Å². The molecule has 0 aromatic heterocycles. The molecule has 0 atom stereocenters. The van der Waals surface area contributed by atoms with Gasteiger partial charge in [-0.05, 0) is 37.6 Å². The molecule has 0 aliphatic carbocycles. The quantitative estimate of drug-likeness (QED) is 0.654. The zero-order valence-corrected chi connectivity index (χ0v) is 11.4. The van der Waals surface area contributed by atoms with Gasteiger partial charge in [-0.25, -0.2) is 0 Å². The summed E-state index contributed by atoms with van der Waals surface area (Å²) in [6.45, 7) is 3.64. The van der Waals surface area contributed by atoms with E-state index in [-0.39, 0.29) is 18.2 Å². The molecule has 1 amide bonds. The lowest BCUT2D eigenvalue weighted by molar-refractivity contribution is -0.117. The predicted molar refractivity (Wildman–Crippen MR) is 74.4 cm³/mol. The highest BCUT2D eigenvalue weighted by atomic mass is 16.5.